The number of unbranched alkanes of at least 4 members (excludes halogenated alkanes) is 36. The van der Waals surface area contributed by atoms with Crippen molar-refractivity contribution in [3.05, 3.63) is 121 Å². The molecule has 4 aromatic rings. The highest BCUT2D eigenvalue weighted by Gasteiger charge is 2.35. The van der Waals surface area contributed by atoms with Crippen molar-refractivity contribution in [1.82, 2.24) is 0 Å². The first-order chi connectivity index (χ1) is 36.7. The first kappa shape index (κ1) is 65.7. The summed E-state index contributed by atoms with van der Waals surface area (Å²) in [5.74, 6) is 0. The van der Waals surface area contributed by atoms with Crippen molar-refractivity contribution < 1.29 is 0 Å². The van der Waals surface area contributed by atoms with E-state index < -0.39 is 13.4 Å². The first-order valence-corrected chi connectivity index (χ1v) is 35.4. The van der Waals surface area contributed by atoms with Gasteiger partial charge in [0, 0.05) is 7.26 Å². The average Bonchev–Trinajstić information content (AvgIpc) is 3.44. The molecule has 0 fully saturated rings. The van der Waals surface area contributed by atoms with Gasteiger partial charge >= 0.3 is 0 Å². The zero-order chi connectivity index (χ0) is 52.6. The molecular formula is C72H120BP. The second kappa shape index (κ2) is 46.5. The molecule has 0 atom stereocenters. The Hall–Kier alpha value is -2.63. The summed E-state index contributed by atoms with van der Waals surface area (Å²) < 4.78 is 0. The summed E-state index contributed by atoms with van der Waals surface area (Å²) in [4.78, 5) is 0. The molecule has 2 heteroatoms. The van der Waals surface area contributed by atoms with E-state index in [1.807, 2.05) is 0 Å². The van der Waals surface area contributed by atoms with Gasteiger partial charge in [-0.2, -0.15) is 21.9 Å². The minimum Gasteiger partial charge on any atom is -0.195 e. The topological polar surface area (TPSA) is 0 Å². The maximum Gasteiger partial charge on any atom is 0.108 e. The molecule has 0 unspecified atom stereocenters. The van der Waals surface area contributed by atoms with Gasteiger partial charge in [-0.3, -0.25) is 0 Å². The molecule has 0 aliphatic heterocycles. The second-order valence-corrected chi connectivity index (χ2v) is 27.9. The molecule has 0 nitrogen and oxygen atoms in total. The Morgan fingerprint density at radius 3 is 0.514 bits per heavy atom. The van der Waals surface area contributed by atoms with Gasteiger partial charge in [0.15, 0.2) is 0 Å². The highest BCUT2D eigenvalue weighted by molar-refractivity contribution is 7.75. The summed E-state index contributed by atoms with van der Waals surface area (Å²) in [6.07, 6.45) is 65.0. The van der Waals surface area contributed by atoms with Crippen molar-refractivity contribution in [2.45, 2.75) is 285 Å². The maximum absolute atomic E-state index is 2.34. The maximum atomic E-state index is 2.34. The molecule has 0 aliphatic carbocycles. The van der Waals surface area contributed by atoms with Crippen LogP contribution in [0.4, 0.5) is 0 Å². The highest BCUT2D eigenvalue weighted by atomic mass is 31.2. The molecule has 416 valence electrons. The van der Waals surface area contributed by atoms with Crippen molar-refractivity contribution in [1.29, 1.82) is 0 Å². The van der Waals surface area contributed by atoms with Crippen molar-refractivity contribution in [2.24, 2.45) is 0 Å². The Bertz CT molecular complexity index is 1470. The summed E-state index contributed by atoms with van der Waals surface area (Å²) in [7, 11) is -0.792. The predicted octanol–water partition coefficient (Wildman–Crippen LogP) is 21.8. The summed E-state index contributed by atoms with van der Waals surface area (Å²) in [6.45, 7) is 9.36. The Morgan fingerprint density at radius 1 is 0.203 bits per heavy atom. The van der Waals surface area contributed by atoms with Gasteiger partial charge in [-0.25, -0.2) is 0 Å². The normalized spacial score (nSPS) is 11.7. The standard InChI is InChI=1S/C48H100P.C24H20B/c1-5-9-13-17-21-25-29-33-37-41-45-49(46-42-38-34-30-26-22-18-14-10-6-2,47-43-39-35-31-27-23-19-15-11-7-3)48-44-40-36-32-28-24-20-16-12-8-4;1-5-13-21(14-6-1)25(22-15-7-2-8-16-22,23-17-9-3-10-18-23)24-19-11-4-12-20-24/h5-48H2,1-4H3;1-20H/q+1;-1. The third-order valence-electron chi connectivity index (χ3n) is 17.1. The third kappa shape index (κ3) is 29.2. The molecule has 0 radical (unpaired) electrons. The number of hydrogen-bond donors (Lipinski definition) is 0. The second-order valence-electron chi connectivity index (χ2n) is 23.5. The molecule has 0 amide bonds. The van der Waals surface area contributed by atoms with Crippen LogP contribution in [0.25, 0.3) is 0 Å². The monoisotopic (exact) mass is 1030 g/mol. The fourth-order valence-electron chi connectivity index (χ4n) is 12.5. The summed E-state index contributed by atoms with van der Waals surface area (Å²) in [6, 6.07) is 43.5. The Labute approximate surface area is 463 Å². The lowest BCUT2D eigenvalue weighted by atomic mass is 9.13. The molecule has 0 N–H and O–H groups in total. The van der Waals surface area contributed by atoms with Crippen molar-refractivity contribution >= 4 is 35.3 Å². The molecule has 0 saturated carbocycles. The number of hydrogen-bond acceptors (Lipinski definition) is 0. The van der Waals surface area contributed by atoms with E-state index in [1.165, 1.54) is 253 Å². The van der Waals surface area contributed by atoms with Crippen molar-refractivity contribution in [3.63, 3.8) is 0 Å². The third-order valence-corrected chi connectivity index (χ3v) is 22.2. The highest BCUT2D eigenvalue weighted by Crippen LogP contribution is 2.61. The van der Waals surface area contributed by atoms with Crippen LogP contribution in [0.15, 0.2) is 121 Å². The van der Waals surface area contributed by atoms with Gasteiger partial charge in [0.05, 0.1) is 24.6 Å². The van der Waals surface area contributed by atoms with Gasteiger partial charge < -0.3 is 0 Å². The van der Waals surface area contributed by atoms with E-state index in [1.54, 1.807) is 50.3 Å². The predicted molar refractivity (Wildman–Crippen MR) is 344 cm³/mol. The molecule has 0 spiro atoms. The van der Waals surface area contributed by atoms with E-state index in [4.69, 9.17) is 0 Å². The van der Waals surface area contributed by atoms with E-state index in [9.17, 15) is 0 Å². The quantitative estimate of drug-likeness (QED) is 0.0235. The fraction of sp³-hybridized carbons (Fsp3) is 0.667. The van der Waals surface area contributed by atoms with Crippen molar-refractivity contribution in [3.8, 4) is 0 Å². The molecular weight excluding hydrogens is 907 g/mol. The molecule has 4 rings (SSSR count). The van der Waals surface area contributed by atoms with Crippen LogP contribution < -0.4 is 21.9 Å². The van der Waals surface area contributed by atoms with Crippen LogP contribution >= 0.6 is 7.26 Å². The lowest BCUT2D eigenvalue weighted by molar-refractivity contribution is 0.557. The zero-order valence-electron chi connectivity index (χ0n) is 49.7. The number of rotatable bonds is 48. The smallest absolute Gasteiger partial charge is 0.108 e. The van der Waals surface area contributed by atoms with Gasteiger partial charge in [0.2, 0.25) is 0 Å². The van der Waals surface area contributed by atoms with Crippen LogP contribution in [0.2, 0.25) is 0 Å². The summed E-state index contributed by atoms with van der Waals surface area (Å²) >= 11 is 0. The van der Waals surface area contributed by atoms with Gasteiger partial charge in [-0.15, -0.1) is 0 Å². The van der Waals surface area contributed by atoms with Crippen molar-refractivity contribution in [2.75, 3.05) is 24.6 Å². The zero-order valence-corrected chi connectivity index (χ0v) is 50.6. The van der Waals surface area contributed by atoms with E-state index in [0.717, 1.165) is 0 Å². The number of benzene rings is 4. The summed E-state index contributed by atoms with van der Waals surface area (Å²) in [5.41, 5.74) is 5.36. The summed E-state index contributed by atoms with van der Waals surface area (Å²) in [5, 5.41) is 0. The molecule has 0 bridgehead atoms. The van der Waals surface area contributed by atoms with Crippen LogP contribution in [0, 0.1) is 0 Å². The van der Waals surface area contributed by atoms with E-state index in [2.05, 4.69) is 149 Å². The van der Waals surface area contributed by atoms with Crippen LogP contribution in [0.1, 0.15) is 285 Å². The largest absolute Gasteiger partial charge is 0.195 e. The Balaban J connectivity index is 0.000000473. The van der Waals surface area contributed by atoms with Crippen LogP contribution in [-0.4, -0.2) is 30.8 Å². The van der Waals surface area contributed by atoms with Crippen LogP contribution in [0.5, 0.6) is 0 Å². The lowest BCUT2D eigenvalue weighted by Crippen LogP contribution is -2.74. The first-order valence-electron chi connectivity index (χ1n) is 32.9. The SMILES string of the molecule is CCCCCCCCCCCC[P+](CCCCCCCCCCCC)(CCCCCCCCCCCC)CCCCCCCCCCCC.c1ccc([B-](c2ccccc2)(c2ccccc2)c2ccccc2)cc1. The van der Waals surface area contributed by atoms with E-state index in [-0.39, 0.29) is 0 Å². The van der Waals surface area contributed by atoms with E-state index in [0.29, 0.717) is 0 Å². The molecule has 0 aliphatic rings. The van der Waals surface area contributed by atoms with Crippen LogP contribution in [0.3, 0.4) is 0 Å². The Kier molecular flexibility index (Phi) is 41.2. The minimum absolute atomic E-state index is 0.792. The fourth-order valence-corrected chi connectivity index (χ4v) is 17.5. The molecule has 4 aromatic carbocycles. The molecule has 0 aromatic heterocycles. The van der Waals surface area contributed by atoms with E-state index >= 15 is 0 Å². The van der Waals surface area contributed by atoms with Gasteiger partial charge in [-0.05, 0) is 51.4 Å². The van der Waals surface area contributed by atoms with Gasteiger partial charge in [-0.1, -0.05) is 354 Å². The van der Waals surface area contributed by atoms with Gasteiger partial charge in [0.25, 0.3) is 0 Å². The molecule has 0 heterocycles. The van der Waals surface area contributed by atoms with Gasteiger partial charge in [0.1, 0.15) is 6.15 Å². The minimum atomic E-state index is -1.22. The Morgan fingerprint density at radius 2 is 0.351 bits per heavy atom. The average molecular weight is 1030 g/mol. The lowest BCUT2D eigenvalue weighted by Gasteiger charge is -2.44. The molecule has 74 heavy (non-hydrogen) atoms. The van der Waals surface area contributed by atoms with Crippen LogP contribution in [-0.2, 0) is 0 Å². The molecule has 0 saturated heterocycles.